The van der Waals surface area contributed by atoms with Crippen molar-refractivity contribution in [2.45, 2.75) is 96.3 Å². The van der Waals surface area contributed by atoms with E-state index in [-0.39, 0.29) is 23.7 Å². The van der Waals surface area contributed by atoms with Gasteiger partial charge in [0, 0.05) is 24.0 Å². The number of ether oxygens (including phenoxy) is 2. The van der Waals surface area contributed by atoms with E-state index in [9.17, 15) is 19.2 Å². The fraction of sp³-hybridized carbons (Fsp3) is 0.489. The van der Waals surface area contributed by atoms with Gasteiger partial charge in [0.1, 0.15) is 46.2 Å². The van der Waals surface area contributed by atoms with Crippen molar-refractivity contribution in [2.75, 3.05) is 27.3 Å². The van der Waals surface area contributed by atoms with E-state index in [1.807, 2.05) is 56.8 Å². The van der Waals surface area contributed by atoms with E-state index in [0.717, 1.165) is 101 Å². The van der Waals surface area contributed by atoms with E-state index in [2.05, 4.69) is 63.1 Å². The minimum absolute atomic E-state index is 0.111. The molecule has 2 saturated carbocycles. The number of methoxy groups -OCH3 is 2. The number of aryl methyl sites for hydroxylation is 1. The highest BCUT2D eigenvalue weighted by atomic mass is 16.5. The van der Waals surface area contributed by atoms with Gasteiger partial charge in [-0.2, -0.15) is 0 Å². The number of hydrogen-bond donors (Lipinski definition) is 4. The molecule has 2 saturated heterocycles. The SMILES string of the molecule is COC(=O)N[C@H](C(=O)N1C[C@H]2CCC1(c1ncc(-c3ccc(-c4ccc(-c5cnc([C@]67CC[C@H](CN6C(=O)[C@@H](NC(=O)OC)C(C)C)C7)[nH]5)c5oc(C)cc45)cc3)[nH]1)C2)C(C)C. The number of H-pyrrole nitrogens is 2. The molecule has 4 fully saturated rings. The van der Waals surface area contributed by atoms with Crippen LogP contribution in [0, 0.1) is 30.6 Å². The number of aromatic amines is 2. The van der Waals surface area contributed by atoms with E-state index in [0.29, 0.717) is 24.9 Å². The normalized spacial score (nSPS) is 23.7. The van der Waals surface area contributed by atoms with Crippen LogP contribution in [0.3, 0.4) is 0 Å². The number of nitrogens with zero attached hydrogens (tertiary/aromatic N) is 4. The van der Waals surface area contributed by atoms with Crippen LogP contribution in [0.1, 0.15) is 83.6 Å². The summed E-state index contributed by atoms with van der Waals surface area (Å²) in [7, 11) is 2.61. The molecular weight excluding hydrogens is 789 g/mol. The number of piperidine rings is 2. The Kier molecular flexibility index (Phi) is 10.4. The van der Waals surface area contributed by atoms with E-state index >= 15 is 0 Å². The standard InChI is InChI=1S/C47H56N8O7/c1-25(2)37(52-44(58)60-6)40(56)54-23-28-14-16-46(54,19-28)42-48-21-35(50-42)31-10-8-30(9-11-31)32-12-13-33(39-34(32)18-27(5)62-39)36-22-49-43(51-36)47-17-15-29(20-47)24-55(47)41(57)38(26(3)4)53-45(59)61-7/h8-13,18,21-22,25-26,28-29,37-38H,14-17,19-20,23-24H2,1-7H3,(H,48,50)(H,49,51)(H,52,58)(H,53,59)/t28-,29-,37-,38-,46?,47+/m0/s1. The van der Waals surface area contributed by atoms with Crippen molar-refractivity contribution in [3.8, 4) is 33.6 Å². The second-order valence-corrected chi connectivity index (χ2v) is 18.5. The number of aromatic nitrogens is 4. The lowest BCUT2D eigenvalue weighted by Crippen LogP contribution is -2.56. The maximum Gasteiger partial charge on any atom is 0.407 e. The molecule has 326 valence electrons. The number of benzene rings is 2. The lowest BCUT2D eigenvalue weighted by atomic mass is 9.93. The molecule has 15 nitrogen and oxygen atoms in total. The first kappa shape index (κ1) is 41.2. The Morgan fingerprint density at radius 3 is 1.71 bits per heavy atom. The lowest BCUT2D eigenvalue weighted by molar-refractivity contribution is -0.141. The zero-order valence-electron chi connectivity index (χ0n) is 36.5. The number of hydrogen-bond acceptors (Lipinski definition) is 9. The lowest BCUT2D eigenvalue weighted by Gasteiger charge is -2.40. The molecule has 9 rings (SSSR count). The molecule has 4 amide bonds. The highest BCUT2D eigenvalue weighted by molar-refractivity contribution is 6.02. The summed E-state index contributed by atoms with van der Waals surface area (Å²) in [6, 6.07) is 13.2. The molecule has 0 spiro atoms. The summed E-state index contributed by atoms with van der Waals surface area (Å²) < 4.78 is 16.1. The average molecular weight is 845 g/mol. The van der Waals surface area contributed by atoms with Crippen molar-refractivity contribution in [3.63, 3.8) is 0 Å². The molecule has 62 heavy (non-hydrogen) atoms. The third kappa shape index (κ3) is 6.80. The molecular formula is C47H56N8O7. The Balaban J connectivity index is 0.965. The number of carbonyl (C=O) groups is 4. The number of alkyl carbamates (subject to hydrolysis) is 2. The summed E-state index contributed by atoms with van der Waals surface area (Å²) in [4.78, 5) is 73.3. The van der Waals surface area contributed by atoms with Crippen LogP contribution in [0.5, 0.6) is 0 Å². The molecule has 15 heteroatoms. The predicted molar refractivity (Wildman–Crippen MR) is 231 cm³/mol. The molecule has 0 radical (unpaired) electrons. The Morgan fingerprint density at radius 1 is 0.726 bits per heavy atom. The van der Waals surface area contributed by atoms with Crippen molar-refractivity contribution in [2.24, 2.45) is 23.7 Å². The summed E-state index contributed by atoms with van der Waals surface area (Å²) in [5, 5.41) is 6.49. The zero-order valence-corrected chi connectivity index (χ0v) is 36.5. The molecule has 5 aromatic rings. The number of carbonyl (C=O) groups excluding carboxylic acids is 4. The molecule has 5 heterocycles. The van der Waals surface area contributed by atoms with Gasteiger partial charge in [0.15, 0.2) is 0 Å². The first-order valence-corrected chi connectivity index (χ1v) is 21.8. The van der Waals surface area contributed by atoms with Crippen LogP contribution < -0.4 is 10.6 Å². The van der Waals surface area contributed by atoms with Crippen LogP contribution in [0.15, 0.2) is 59.3 Å². The van der Waals surface area contributed by atoms with E-state index in [1.165, 1.54) is 14.2 Å². The first-order chi connectivity index (χ1) is 29.7. The van der Waals surface area contributed by atoms with Crippen molar-refractivity contribution in [1.29, 1.82) is 0 Å². The molecule has 4 aliphatic rings. The number of rotatable bonds is 11. The van der Waals surface area contributed by atoms with Gasteiger partial charge in [-0.1, -0.05) is 58.0 Å². The predicted octanol–water partition coefficient (Wildman–Crippen LogP) is 7.62. The van der Waals surface area contributed by atoms with Gasteiger partial charge in [-0.05, 0) is 97.9 Å². The maximum absolute atomic E-state index is 14.1. The molecule has 6 atom stereocenters. The van der Waals surface area contributed by atoms with Crippen LogP contribution >= 0.6 is 0 Å². The summed E-state index contributed by atoms with van der Waals surface area (Å²) in [5.74, 6) is 2.57. The van der Waals surface area contributed by atoms with Crippen LogP contribution in [0.25, 0.3) is 44.6 Å². The molecule has 2 aliphatic heterocycles. The highest BCUT2D eigenvalue weighted by Gasteiger charge is 2.58. The smallest absolute Gasteiger partial charge is 0.407 e. The third-order valence-electron chi connectivity index (χ3n) is 14.1. The van der Waals surface area contributed by atoms with Gasteiger partial charge in [-0.25, -0.2) is 19.6 Å². The first-order valence-electron chi connectivity index (χ1n) is 21.8. The van der Waals surface area contributed by atoms with Gasteiger partial charge < -0.3 is 44.3 Å². The minimum Gasteiger partial charge on any atom is -0.461 e. The van der Waals surface area contributed by atoms with Gasteiger partial charge in [0.25, 0.3) is 0 Å². The van der Waals surface area contributed by atoms with Crippen LogP contribution in [0.4, 0.5) is 9.59 Å². The average Bonchev–Trinajstić information content (AvgIpc) is 4.13. The van der Waals surface area contributed by atoms with Gasteiger partial charge in [0.2, 0.25) is 11.8 Å². The zero-order chi connectivity index (χ0) is 43.7. The van der Waals surface area contributed by atoms with Crippen molar-refractivity contribution < 1.29 is 33.1 Å². The van der Waals surface area contributed by atoms with Crippen molar-refractivity contribution in [1.82, 2.24) is 40.4 Å². The van der Waals surface area contributed by atoms with Gasteiger partial charge >= 0.3 is 12.2 Å². The van der Waals surface area contributed by atoms with E-state index < -0.39 is 35.3 Å². The number of nitrogens with one attached hydrogen (secondary N) is 4. The molecule has 4 N–H and O–H groups in total. The summed E-state index contributed by atoms with van der Waals surface area (Å²) in [6.07, 6.45) is 7.70. The Morgan fingerprint density at radius 2 is 1.21 bits per heavy atom. The number of amides is 4. The van der Waals surface area contributed by atoms with Crippen molar-refractivity contribution >= 4 is 35.0 Å². The Bertz CT molecular complexity index is 2540. The van der Waals surface area contributed by atoms with E-state index in [4.69, 9.17) is 23.9 Å². The van der Waals surface area contributed by atoms with Crippen LogP contribution in [0.2, 0.25) is 0 Å². The monoisotopic (exact) mass is 844 g/mol. The molecule has 3 aromatic heterocycles. The number of likely N-dealkylation sites (tertiary alicyclic amines) is 2. The number of furan rings is 1. The summed E-state index contributed by atoms with van der Waals surface area (Å²) in [6.45, 7) is 10.9. The Hall–Kier alpha value is -6.12. The number of imidazole rings is 2. The van der Waals surface area contributed by atoms with Gasteiger partial charge in [-0.3, -0.25) is 9.59 Å². The second kappa shape index (κ2) is 15.7. The van der Waals surface area contributed by atoms with Crippen molar-refractivity contribution in [3.05, 3.63) is 72.3 Å². The largest absolute Gasteiger partial charge is 0.461 e. The maximum atomic E-state index is 14.1. The molecule has 2 aromatic carbocycles. The third-order valence-corrected chi connectivity index (χ3v) is 14.1. The second-order valence-electron chi connectivity index (χ2n) is 18.5. The summed E-state index contributed by atoms with van der Waals surface area (Å²) in [5.41, 5.74) is 5.15. The highest BCUT2D eigenvalue weighted by Crippen LogP contribution is 2.54. The number of fused-ring (bicyclic) bond motifs is 5. The molecule has 2 aliphatic carbocycles. The van der Waals surface area contributed by atoms with Gasteiger partial charge in [0.05, 0.1) is 38.0 Å². The van der Waals surface area contributed by atoms with Crippen LogP contribution in [-0.2, 0) is 30.1 Å². The molecule has 1 unspecified atom stereocenters. The van der Waals surface area contributed by atoms with Gasteiger partial charge in [-0.15, -0.1) is 0 Å². The fourth-order valence-electron chi connectivity index (χ4n) is 10.9. The van der Waals surface area contributed by atoms with E-state index in [1.54, 1.807) is 0 Å². The minimum atomic E-state index is -0.714. The Labute approximate surface area is 360 Å². The fourth-order valence-corrected chi connectivity index (χ4v) is 10.9. The topological polar surface area (TPSA) is 188 Å². The molecule has 4 bridgehead atoms. The van der Waals surface area contributed by atoms with Crippen LogP contribution in [-0.4, -0.2) is 93.1 Å². The quantitative estimate of drug-likeness (QED) is 0.104. The summed E-state index contributed by atoms with van der Waals surface area (Å²) >= 11 is 0.